The van der Waals surface area contributed by atoms with Gasteiger partial charge in [0.2, 0.25) is 0 Å². The van der Waals surface area contributed by atoms with Gasteiger partial charge in [0.05, 0.1) is 6.61 Å². The van der Waals surface area contributed by atoms with Gasteiger partial charge in [0, 0.05) is 42.4 Å². The van der Waals surface area contributed by atoms with Crippen molar-refractivity contribution in [2.75, 3.05) is 19.7 Å². The summed E-state index contributed by atoms with van der Waals surface area (Å²) in [6.07, 6.45) is 0.642. The lowest BCUT2D eigenvalue weighted by Gasteiger charge is -2.37. The largest absolute Gasteiger partial charge is 0.490 e. The number of likely N-dealkylation sites (tertiary alicyclic amines) is 1. The van der Waals surface area contributed by atoms with E-state index in [1.165, 1.54) is 29.3 Å². The average molecular weight is 566 g/mol. The zero-order chi connectivity index (χ0) is 27.4. The Bertz CT molecular complexity index is 1440. The Morgan fingerprint density at radius 3 is 2.53 bits per heavy atom. The lowest BCUT2D eigenvalue weighted by molar-refractivity contribution is 0.0927. The van der Waals surface area contributed by atoms with E-state index in [-0.39, 0.29) is 24.8 Å². The fourth-order valence-electron chi connectivity index (χ4n) is 4.27. The number of piperidine rings is 1. The summed E-state index contributed by atoms with van der Waals surface area (Å²) in [6.45, 7) is 0.216. The molecule has 0 aliphatic carbocycles. The van der Waals surface area contributed by atoms with E-state index < -0.39 is 50.2 Å². The Morgan fingerprint density at radius 2 is 1.87 bits per heavy atom. The third-order valence-corrected chi connectivity index (χ3v) is 7.75. The Labute approximate surface area is 222 Å². The molecule has 2 aromatic carbocycles. The number of ether oxygens (including phenoxy) is 1. The first-order valence-electron chi connectivity index (χ1n) is 11.4. The lowest BCUT2D eigenvalue weighted by atomic mass is 9.81. The summed E-state index contributed by atoms with van der Waals surface area (Å²) in [4.78, 5) is 27.5. The van der Waals surface area contributed by atoms with Crippen molar-refractivity contribution in [2.45, 2.75) is 17.2 Å². The lowest BCUT2D eigenvalue weighted by Crippen LogP contribution is -2.44. The molecule has 2 N–H and O–H groups in total. The van der Waals surface area contributed by atoms with E-state index in [0.717, 1.165) is 5.56 Å². The molecule has 0 unspecified atom stereocenters. The van der Waals surface area contributed by atoms with Crippen molar-refractivity contribution in [1.82, 2.24) is 14.6 Å². The van der Waals surface area contributed by atoms with Crippen molar-refractivity contribution in [3.8, 4) is 5.75 Å². The van der Waals surface area contributed by atoms with Crippen LogP contribution in [0.2, 0.25) is 5.02 Å². The van der Waals surface area contributed by atoms with E-state index in [2.05, 4.69) is 4.98 Å². The van der Waals surface area contributed by atoms with Gasteiger partial charge in [0.15, 0.2) is 11.6 Å². The van der Waals surface area contributed by atoms with Gasteiger partial charge in [-0.15, -0.1) is 0 Å². The number of amides is 2. The van der Waals surface area contributed by atoms with Crippen LogP contribution < -0.4 is 9.46 Å². The Morgan fingerprint density at radius 1 is 1.13 bits per heavy atom. The van der Waals surface area contributed by atoms with Crippen molar-refractivity contribution in [1.29, 1.82) is 0 Å². The van der Waals surface area contributed by atoms with Crippen LogP contribution in [0.4, 0.5) is 13.6 Å². The molecule has 0 radical (unpaired) electrons. The summed E-state index contributed by atoms with van der Waals surface area (Å²) in [7, 11) is -4.77. The van der Waals surface area contributed by atoms with Gasteiger partial charge < -0.3 is 14.7 Å². The highest BCUT2D eigenvalue weighted by atomic mass is 35.5. The van der Waals surface area contributed by atoms with Crippen LogP contribution in [0.5, 0.6) is 5.75 Å². The number of aromatic nitrogens is 1. The molecular weight excluding hydrogens is 544 g/mol. The zero-order valence-corrected chi connectivity index (χ0v) is 21.3. The van der Waals surface area contributed by atoms with E-state index >= 15 is 0 Å². The van der Waals surface area contributed by atoms with E-state index in [4.69, 9.17) is 16.3 Å². The Hall–Kier alpha value is -3.77. The van der Waals surface area contributed by atoms with E-state index in [0.29, 0.717) is 30.1 Å². The maximum absolute atomic E-state index is 14.8. The number of halogens is 3. The zero-order valence-electron chi connectivity index (χ0n) is 19.7. The molecule has 4 rings (SSSR count). The Kier molecular flexibility index (Phi) is 8.12. The number of nitrogens with zero attached hydrogens (tertiary/aromatic N) is 2. The normalized spacial score (nSPS) is 17.6. The number of hydrogen-bond donors (Lipinski definition) is 2. The third-order valence-electron chi connectivity index (χ3n) is 6.16. The predicted molar refractivity (Wildman–Crippen MR) is 133 cm³/mol. The highest BCUT2D eigenvalue weighted by molar-refractivity contribution is 7.90. The number of carboxylic acid groups (broad SMARTS) is 1. The molecule has 2 amide bonds. The number of hydrogen-bond acceptors (Lipinski definition) is 6. The minimum atomic E-state index is -4.77. The summed E-state index contributed by atoms with van der Waals surface area (Å²) in [6, 6.07) is 12.3. The summed E-state index contributed by atoms with van der Waals surface area (Å²) in [5, 5.41) is 9.96. The molecule has 9 nitrogen and oxygen atoms in total. The molecule has 0 spiro atoms. The van der Waals surface area contributed by atoms with Gasteiger partial charge in [-0.2, -0.15) is 0 Å². The summed E-state index contributed by atoms with van der Waals surface area (Å²) < 4.78 is 61.9. The highest BCUT2D eigenvalue weighted by Gasteiger charge is 2.33. The monoisotopic (exact) mass is 565 g/mol. The SMILES string of the molecule is O=C(NS(=O)(=O)c1cc(F)c(OC[C@H]2CN(C(=O)O)CC[C@@H]2c2ccc(Cl)cc2)cc1F)c1ccccn1. The molecule has 0 bridgehead atoms. The van der Waals surface area contributed by atoms with Crippen LogP contribution in [-0.4, -0.2) is 55.1 Å². The number of carbonyl (C=O) groups excluding carboxylic acids is 1. The fourth-order valence-corrected chi connectivity index (χ4v) is 5.43. The molecule has 38 heavy (non-hydrogen) atoms. The van der Waals surface area contributed by atoms with Gasteiger partial charge in [-0.05, 0) is 42.2 Å². The van der Waals surface area contributed by atoms with Gasteiger partial charge in [0.25, 0.3) is 15.9 Å². The van der Waals surface area contributed by atoms with Crippen molar-refractivity contribution in [3.05, 3.63) is 88.7 Å². The first-order valence-corrected chi connectivity index (χ1v) is 13.2. The van der Waals surface area contributed by atoms with Crippen LogP contribution in [0, 0.1) is 17.6 Å². The molecule has 2 atom stereocenters. The summed E-state index contributed by atoms with van der Waals surface area (Å²) in [5.74, 6) is -4.74. The van der Waals surface area contributed by atoms with Crippen LogP contribution >= 0.6 is 11.6 Å². The van der Waals surface area contributed by atoms with E-state index in [1.807, 2.05) is 12.1 Å². The number of pyridine rings is 1. The minimum Gasteiger partial charge on any atom is -0.490 e. The second-order valence-corrected chi connectivity index (χ2v) is 10.7. The summed E-state index contributed by atoms with van der Waals surface area (Å²) >= 11 is 5.97. The van der Waals surface area contributed by atoms with E-state index in [1.54, 1.807) is 16.9 Å². The molecular formula is C25H22ClF2N3O6S. The second kappa shape index (κ2) is 11.3. The fraction of sp³-hybridized carbons (Fsp3) is 0.240. The Balaban J connectivity index is 1.52. The van der Waals surface area contributed by atoms with Crippen LogP contribution in [0.1, 0.15) is 28.4 Å². The number of carbonyl (C=O) groups is 2. The number of sulfonamides is 1. The van der Waals surface area contributed by atoms with Crippen molar-refractivity contribution >= 4 is 33.6 Å². The number of nitrogens with one attached hydrogen (secondary N) is 1. The maximum atomic E-state index is 14.8. The molecule has 13 heteroatoms. The van der Waals surface area contributed by atoms with Gasteiger partial charge in [-0.3, -0.25) is 9.78 Å². The van der Waals surface area contributed by atoms with Gasteiger partial charge in [-0.1, -0.05) is 29.8 Å². The first-order chi connectivity index (χ1) is 18.0. The van der Waals surface area contributed by atoms with Gasteiger partial charge >= 0.3 is 6.09 Å². The molecule has 3 aromatic rings. The quantitative estimate of drug-likeness (QED) is 0.437. The van der Waals surface area contributed by atoms with Crippen molar-refractivity contribution < 1.29 is 36.6 Å². The number of rotatable bonds is 7. The minimum absolute atomic E-state index is 0.0960. The standard InChI is InChI=1S/C25H22ClF2N3O6S/c26-17-6-4-15(5-7-17)18-8-10-31(25(33)34)13-16(18)14-37-22-11-20(28)23(12-19(22)27)38(35,36)30-24(32)21-3-1-2-9-29-21/h1-7,9,11-12,16,18H,8,10,13-14H2,(H,30,32)(H,33,34)/t16-,18-/m1/s1. The average Bonchev–Trinajstić information content (AvgIpc) is 2.89. The van der Waals surface area contributed by atoms with Crippen LogP contribution in [-0.2, 0) is 10.0 Å². The van der Waals surface area contributed by atoms with Crippen LogP contribution in [0.25, 0.3) is 0 Å². The summed E-state index contributed by atoms with van der Waals surface area (Å²) in [5.41, 5.74) is 0.666. The third kappa shape index (κ3) is 6.20. The second-order valence-electron chi connectivity index (χ2n) is 8.61. The molecule has 2 heterocycles. The van der Waals surface area contributed by atoms with Gasteiger partial charge in [-0.25, -0.2) is 26.7 Å². The van der Waals surface area contributed by atoms with Crippen molar-refractivity contribution in [2.24, 2.45) is 5.92 Å². The molecule has 0 saturated carbocycles. The van der Waals surface area contributed by atoms with Crippen molar-refractivity contribution in [3.63, 3.8) is 0 Å². The maximum Gasteiger partial charge on any atom is 0.407 e. The van der Waals surface area contributed by atoms with Gasteiger partial charge in [0.1, 0.15) is 16.4 Å². The molecule has 1 aliphatic heterocycles. The molecule has 1 saturated heterocycles. The molecule has 1 aromatic heterocycles. The predicted octanol–water partition coefficient (Wildman–Crippen LogP) is 4.29. The molecule has 1 fully saturated rings. The first kappa shape index (κ1) is 27.3. The molecule has 1 aliphatic rings. The van der Waals surface area contributed by atoms with Crippen LogP contribution in [0.15, 0.2) is 65.7 Å². The molecule has 200 valence electrons. The topological polar surface area (TPSA) is 126 Å². The van der Waals surface area contributed by atoms with Crippen LogP contribution in [0.3, 0.4) is 0 Å². The number of benzene rings is 2. The van der Waals surface area contributed by atoms with E-state index in [9.17, 15) is 31.9 Å². The highest BCUT2D eigenvalue weighted by Crippen LogP contribution is 2.35. The smallest absolute Gasteiger partial charge is 0.407 e.